The molecular weight excluding hydrogens is 492 g/mol. The molecule has 1 amide bonds. The molecule has 1 saturated heterocycles. The molecule has 8 nitrogen and oxygen atoms in total. The average molecular weight is 517 g/mol. The number of aryl methyl sites for hydroxylation is 1. The molecule has 188 valence electrons. The monoisotopic (exact) mass is 516 g/mol. The van der Waals surface area contributed by atoms with E-state index in [9.17, 15) is 14.7 Å². The Morgan fingerprint density at radius 1 is 0.946 bits per heavy atom. The topological polar surface area (TPSA) is 98.2 Å². The molecule has 0 bridgehead atoms. The molecule has 0 spiro atoms. The van der Waals surface area contributed by atoms with Crippen LogP contribution in [0.2, 0.25) is 0 Å². The van der Waals surface area contributed by atoms with Gasteiger partial charge in [0.05, 0.1) is 43.2 Å². The number of Topliss-reactive ketones (excluding diaryl/α,β-unsaturated/α-hetero) is 1. The molecule has 1 atom stereocenters. The summed E-state index contributed by atoms with van der Waals surface area (Å²) in [6.07, 6.45) is 0. The third-order valence-electron chi connectivity index (χ3n) is 6.31. The lowest BCUT2D eigenvalue weighted by Crippen LogP contribution is -2.29. The third kappa shape index (κ3) is 4.17. The van der Waals surface area contributed by atoms with Gasteiger partial charge in [0.2, 0.25) is 0 Å². The summed E-state index contributed by atoms with van der Waals surface area (Å²) in [4.78, 5) is 32.9. The summed E-state index contributed by atoms with van der Waals surface area (Å²) >= 11 is 1.26. The van der Waals surface area contributed by atoms with Gasteiger partial charge in [0.1, 0.15) is 23.0 Å². The molecule has 3 aromatic carbocycles. The molecule has 1 N–H and O–H groups in total. The number of aromatic nitrogens is 1. The Morgan fingerprint density at radius 3 is 2.41 bits per heavy atom. The lowest BCUT2D eigenvalue weighted by Gasteiger charge is -2.23. The SMILES string of the molecule is COc1cccc([C@H]2/C(=C(\O)c3ccc(OC)c(C)c3)C(=O)C(=O)N2c2nc3ccc(OC)cc3s2)c1. The number of thiazole rings is 1. The largest absolute Gasteiger partial charge is 0.507 e. The molecule has 1 fully saturated rings. The number of aliphatic hydroxyl groups excluding tert-OH is 1. The van der Waals surface area contributed by atoms with Crippen LogP contribution in [0.25, 0.3) is 16.0 Å². The van der Waals surface area contributed by atoms with Gasteiger partial charge in [0, 0.05) is 5.56 Å². The van der Waals surface area contributed by atoms with E-state index in [0.717, 1.165) is 10.3 Å². The predicted octanol–water partition coefficient (Wildman–Crippen LogP) is 5.26. The van der Waals surface area contributed by atoms with Gasteiger partial charge in [-0.3, -0.25) is 14.5 Å². The average Bonchev–Trinajstić information content (AvgIpc) is 3.45. The van der Waals surface area contributed by atoms with E-state index in [0.29, 0.717) is 39.0 Å². The fourth-order valence-corrected chi connectivity index (χ4v) is 5.48. The number of fused-ring (bicyclic) bond motifs is 1. The predicted molar refractivity (Wildman–Crippen MR) is 142 cm³/mol. The van der Waals surface area contributed by atoms with Crippen LogP contribution < -0.4 is 19.1 Å². The quantitative estimate of drug-likeness (QED) is 0.212. The van der Waals surface area contributed by atoms with E-state index in [-0.39, 0.29) is 11.3 Å². The van der Waals surface area contributed by atoms with E-state index in [1.807, 2.05) is 13.0 Å². The summed E-state index contributed by atoms with van der Waals surface area (Å²) in [5.41, 5.74) is 2.41. The zero-order valence-corrected chi connectivity index (χ0v) is 21.5. The lowest BCUT2D eigenvalue weighted by molar-refractivity contribution is -0.132. The number of carbonyl (C=O) groups excluding carboxylic acids is 2. The number of ether oxygens (including phenoxy) is 3. The van der Waals surface area contributed by atoms with Crippen molar-refractivity contribution < 1.29 is 28.9 Å². The van der Waals surface area contributed by atoms with Crippen molar-refractivity contribution in [2.45, 2.75) is 13.0 Å². The Bertz CT molecular complexity index is 1570. The fourth-order valence-electron chi connectivity index (χ4n) is 4.46. The number of ketones is 1. The summed E-state index contributed by atoms with van der Waals surface area (Å²) in [5.74, 6) is 0.0103. The highest BCUT2D eigenvalue weighted by Crippen LogP contribution is 2.45. The maximum Gasteiger partial charge on any atom is 0.301 e. The summed E-state index contributed by atoms with van der Waals surface area (Å²) < 4.78 is 16.8. The molecular formula is C28H24N2O6S. The number of aliphatic hydroxyl groups is 1. The van der Waals surface area contributed by atoms with Gasteiger partial charge in [-0.25, -0.2) is 4.98 Å². The Labute approximate surface area is 217 Å². The van der Waals surface area contributed by atoms with Crippen LogP contribution in [0.5, 0.6) is 17.2 Å². The highest BCUT2D eigenvalue weighted by atomic mass is 32.1. The molecule has 1 aliphatic rings. The van der Waals surface area contributed by atoms with E-state index in [1.54, 1.807) is 68.8 Å². The van der Waals surface area contributed by atoms with Crippen LogP contribution >= 0.6 is 11.3 Å². The maximum absolute atomic E-state index is 13.5. The van der Waals surface area contributed by atoms with Gasteiger partial charge >= 0.3 is 5.91 Å². The number of anilines is 1. The van der Waals surface area contributed by atoms with Gasteiger partial charge in [-0.05, 0) is 66.6 Å². The maximum atomic E-state index is 13.5. The minimum absolute atomic E-state index is 0.0281. The molecule has 37 heavy (non-hydrogen) atoms. The fraction of sp³-hybridized carbons (Fsp3) is 0.179. The normalized spacial score (nSPS) is 16.9. The van der Waals surface area contributed by atoms with Crippen molar-refractivity contribution in [1.82, 2.24) is 4.98 Å². The minimum Gasteiger partial charge on any atom is -0.507 e. The van der Waals surface area contributed by atoms with Crippen molar-refractivity contribution in [3.05, 3.63) is 82.9 Å². The van der Waals surface area contributed by atoms with E-state index in [1.165, 1.54) is 23.3 Å². The Balaban J connectivity index is 1.72. The van der Waals surface area contributed by atoms with Gasteiger partial charge in [0.15, 0.2) is 5.13 Å². The summed E-state index contributed by atoms with van der Waals surface area (Å²) in [5, 5.41) is 11.7. The van der Waals surface area contributed by atoms with Gasteiger partial charge < -0.3 is 19.3 Å². The Morgan fingerprint density at radius 2 is 1.70 bits per heavy atom. The molecule has 5 rings (SSSR count). The molecule has 0 radical (unpaired) electrons. The summed E-state index contributed by atoms with van der Waals surface area (Å²) in [6.45, 7) is 1.84. The number of benzene rings is 3. The van der Waals surface area contributed by atoms with Crippen LogP contribution in [0.1, 0.15) is 22.7 Å². The lowest BCUT2D eigenvalue weighted by atomic mass is 9.94. The van der Waals surface area contributed by atoms with Crippen LogP contribution in [-0.2, 0) is 9.59 Å². The van der Waals surface area contributed by atoms with Crippen molar-refractivity contribution >= 4 is 44.1 Å². The minimum atomic E-state index is -0.917. The Hall–Kier alpha value is -4.37. The second kappa shape index (κ2) is 9.59. The number of carbonyl (C=O) groups is 2. The van der Waals surface area contributed by atoms with Crippen LogP contribution in [0.4, 0.5) is 5.13 Å². The molecule has 0 aliphatic carbocycles. The van der Waals surface area contributed by atoms with E-state index in [4.69, 9.17) is 14.2 Å². The number of hydrogen-bond acceptors (Lipinski definition) is 8. The van der Waals surface area contributed by atoms with Crippen LogP contribution in [0.3, 0.4) is 0 Å². The van der Waals surface area contributed by atoms with Gasteiger partial charge in [-0.2, -0.15) is 0 Å². The number of nitrogens with zero attached hydrogens (tertiary/aromatic N) is 2. The van der Waals surface area contributed by atoms with Crippen LogP contribution in [0, 0.1) is 6.92 Å². The number of hydrogen-bond donors (Lipinski definition) is 1. The van der Waals surface area contributed by atoms with Gasteiger partial charge in [0.25, 0.3) is 5.78 Å². The first-order chi connectivity index (χ1) is 17.9. The van der Waals surface area contributed by atoms with E-state index >= 15 is 0 Å². The molecule has 0 saturated carbocycles. The molecule has 4 aromatic rings. The molecule has 1 aromatic heterocycles. The highest BCUT2D eigenvalue weighted by Gasteiger charge is 2.48. The summed E-state index contributed by atoms with van der Waals surface area (Å²) in [6, 6.07) is 16.6. The summed E-state index contributed by atoms with van der Waals surface area (Å²) in [7, 11) is 4.67. The molecule has 2 heterocycles. The van der Waals surface area contributed by atoms with Crippen molar-refractivity contribution in [2.24, 2.45) is 0 Å². The van der Waals surface area contributed by atoms with Crippen LogP contribution in [-0.4, -0.2) is 43.1 Å². The molecule has 0 unspecified atom stereocenters. The standard InChI is InChI=1S/C28H24N2O6S/c1-15-12-17(8-11-21(15)36-4)25(31)23-24(16-6-5-7-18(13-16)34-2)30(27(33)26(23)32)28-29-20-10-9-19(35-3)14-22(20)37-28/h5-14,24,31H,1-4H3/b25-23+/t24-/m0/s1. The van der Waals surface area contributed by atoms with E-state index < -0.39 is 17.7 Å². The van der Waals surface area contributed by atoms with E-state index in [2.05, 4.69) is 4.98 Å². The smallest absolute Gasteiger partial charge is 0.301 e. The zero-order chi connectivity index (χ0) is 26.3. The van der Waals surface area contributed by atoms with Crippen molar-refractivity contribution in [3.8, 4) is 17.2 Å². The number of methoxy groups -OCH3 is 3. The number of rotatable bonds is 6. The zero-order valence-electron chi connectivity index (χ0n) is 20.6. The first-order valence-electron chi connectivity index (χ1n) is 11.4. The second-order valence-electron chi connectivity index (χ2n) is 8.46. The first kappa shape index (κ1) is 24.3. The third-order valence-corrected chi connectivity index (χ3v) is 7.33. The number of amides is 1. The second-order valence-corrected chi connectivity index (χ2v) is 9.47. The van der Waals surface area contributed by atoms with Gasteiger partial charge in [-0.1, -0.05) is 23.5 Å². The van der Waals surface area contributed by atoms with Crippen LogP contribution in [0.15, 0.2) is 66.2 Å². The van der Waals surface area contributed by atoms with Gasteiger partial charge in [-0.15, -0.1) is 0 Å². The molecule has 1 aliphatic heterocycles. The first-order valence-corrected chi connectivity index (χ1v) is 12.2. The van der Waals surface area contributed by atoms with Crippen molar-refractivity contribution in [1.29, 1.82) is 0 Å². The molecule has 9 heteroatoms. The van der Waals surface area contributed by atoms with Crippen molar-refractivity contribution in [2.75, 3.05) is 26.2 Å². The highest BCUT2D eigenvalue weighted by molar-refractivity contribution is 7.22. The van der Waals surface area contributed by atoms with Crippen molar-refractivity contribution in [3.63, 3.8) is 0 Å². The Kier molecular flexibility index (Phi) is 6.31.